The first kappa shape index (κ1) is 15.3. The molecule has 22 heavy (non-hydrogen) atoms. The first-order valence-electron chi connectivity index (χ1n) is 6.96. The molecule has 5 nitrogen and oxygen atoms in total. The molecule has 1 aromatic heterocycles. The number of rotatable bonds is 4. The molecule has 0 radical (unpaired) electrons. The molecule has 1 aromatic carbocycles. The minimum Gasteiger partial charge on any atom is -0.482 e. The molecule has 0 fully saturated rings. The normalized spacial score (nSPS) is 14.5. The van der Waals surface area contributed by atoms with E-state index in [4.69, 9.17) is 16.3 Å². The second kappa shape index (κ2) is 6.64. The Morgan fingerprint density at radius 2 is 2.32 bits per heavy atom. The summed E-state index contributed by atoms with van der Waals surface area (Å²) >= 11 is 7.50. The van der Waals surface area contributed by atoms with E-state index in [-0.39, 0.29) is 12.5 Å². The molecule has 0 atom stereocenters. The van der Waals surface area contributed by atoms with E-state index in [9.17, 15) is 4.79 Å². The summed E-state index contributed by atoms with van der Waals surface area (Å²) in [5.41, 5.74) is 1.09. The van der Waals surface area contributed by atoms with Crippen molar-refractivity contribution in [3.8, 4) is 5.75 Å². The van der Waals surface area contributed by atoms with Crippen LogP contribution >= 0.6 is 22.9 Å². The van der Waals surface area contributed by atoms with E-state index in [1.807, 2.05) is 12.1 Å². The van der Waals surface area contributed by atoms with Crippen LogP contribution in [0.4, 0.5) is 5.13 Å². The van der Waals surface area contributed by atoms with Gasteiger partial charge in [-0.3, -0.25) is 10.1 Å². The highest BCUT2D eigenvalue weighted by atomic mass is 35.5. The number of aromatic nitrogens is 1. The number of likely N-dealkylation sites (N-methyl/N-ethyl adjacent to an activating group) is 1. The zero-order valence-electron chi connectivity index (χ0n) is 12.1. The molecular weight excluding hydrogens is 322 g/mol. The van der Waals surface area contributed by atoms with Gasteiger partial charge in [-0.25, -0.2) is 4.98 Å². The number of anilines is 1. The van der Waals surface area contributed by atoms with Crippen LogP contribution in [0.5, 0.6) is 5.75 Å². The third kappa shape index (κ3) is 3.58. The maximum atomic E-state index is 12.0. The molecule has 7 heteroatoms. The summed E-state index contributed by atoms with van der Waals surface area (Å²) in [6, 6.07) is 7.07. The van der Waals surface area contributed by atoms with Crippen molar-refractivity contribution in [1.82, 2.24) is 9.88 Å². The molecule has 116 valence electrons. The molecular formula is C15H16ClN3O2S. The van der Waals surface area contributed by atoms with Crippen LogP contribution in [0, 0.1) is 0 Å². The lowest BCUT2D eigenvalue weighted by molar-refractivity contribution is -0.118. The van der Waals surface area contributed by atoms with Crippen molar-refractivity contribution >= 4 is 34.0 Å². The highest BCUT2D eigenvalue weighted by Crippen LogP contribution is 2.28. The fourth-order valence-electron chi connectivity index (χ4n) is 2.24. The number of thiazole rings is 1. The number of hydrogen-bond donors (Lipinski definition) is 1. The average Bonchev–Trinajstić information content (AvgIpc) is 2.87. The van der Waals surface area contributed by atoms with E-state index in [0.29, 0.717) is 15.9 Å². The van der Waals surface area contributed by atoms with E-state index in [0.717, 1.165) is 25.2 Å². The van der Waals surface area contributed by atoms with Crippen LogP contribution in [0.15, 0.2) is 24.3 Å². The molecule has 1 N–H and O–H groups in total. The molecule has 0 saturated heterocycles. The molecule has 0 unspecified atom stereocenters. The van der Waals surface area contributed by atoms with Crippen molar-refractivity contribution in [2.24, 2.45) is 0 Å². The topological polar surface area (TPSA) is 54.5 Å². The van der Waals surface area contributed by atoms with Crippen molar-refractivity contribution in [2.45, 2.75) is 13.0 Å². The molecule has 0 aliphatic carbocycles. The SMILES string of the molecule is CN1CCc2nc(NC(=O)COc3ccccc3Cl)sc2C1. The van der Waals surface area contributed by atoms with Gasteiger partial charge in [0, 0.05) is 24.4 Å². The third-order valence-electron chi connectivity index (χ3n) is 3.36. The molecule has 1 aliphatic rings. The number of fused-ring (bicyclic) bond motifs is 1. The maximum Gasteiger partial charge on any atom is 0.264 e. The lowest BCUT2D eigenvalue weighted by Gasteiger charge is -2.20. The number of nitrogens with zero attached hydrogens (tertiary/aromatic N) is 2. The van der Waals surface area contributed by atoms with E-state index in [1.165, 1.54) is 16.2 Å². The third-order valence-corrected chi connectivity index (χ3v) is 4.67. The summed E-state index contributed by atoms with van der Waals surface area (Å²) in [6.45, 7) is 1.80. The minimum atomic E-state index is -0.237. The van der Waals surface area contributed by atoms with Crippen LogP contribution in [0.3, 0.4) is 0 Å². The lowest BCUT2D eigenvalue weighted by atomic mass is 10.2. The van der Waals surface area contributed by atoms with E-state index in [1.54, 1.807) is 12.1 Å². The summed E-state index contributed by atoms with van der Waals surface area (Å²) in [5.74, 6) is 0.263. The van der Waals surface area contributed by atoms with Gasteiger partial charge in [0.05, 0.1) is 10.7 Å². The Labute approximate surface area is 137 Å². The van der Waals surface area contributed by atoms with Crippen LogP contribution in [-0.2, 0) is 17.8 Å². The average molecular weight is 338 g/mol. The van der Waals surface area contributed by atoms with Crippen molar-refractivity contribution in [1.29, 1.82) is 0 Å². The number of ether oxygens (including phenoxy) is 1. The van der Waals surface area contributed by atoms with E-state index in [2.05, 4.69) is 22.2 Å². The molecule has 2 heterocycles. The number of benzene rings is 1. The van der Waals surface area contributed by atoms with Gasteiger partial charge in [-0.05, 0) is 19.2 Å². The second-order valence-electron chi connectivity index (χ2n) is 5.14. The van der Waals surface area contributed by atoms with Gasteiger partial charge in [0.1, 0.15) is 5.75 Å². The zero-order valence-corrected chi connectivity index (χ0v) is 13.7. The lowest BCUT2D eigenvalue weighted by Crippen LogP contribution is -2.25. The molecule has 0 bridgehead atoms. The quantitative estimate of drug-likeness (QED) is 0.932. The first-order valence-corrected chi connectivity index (χ1v) is 8.15. The summed E-state index contributed by atoms with van der Waals surface area (Å²) in [7, 11) is 2.08. The Hall–Kier alpha value is -1.63. The van der Waals surface area contributed by atoms with Crippen molar-refractivity contribution < 1.29 is 9.53 Å². The fraction of sp³-hybridized carbons (Fsp3) is 0.333. The fourth-order valence-corrected chi connectivity index (χ4v) is 3.53. The molecule has 0 saturated carbocycles. The van der Waals surface area contributed by atoms with Crippen LogP contribution in [0.1, 0.15) is 10.6 Å². The Kier molecular flexibility index (Phi) is 4.61. The largest absolute Gasteiger partial charge is 0.482 e. The van der Waals surface area contributed by atoms with Gasteiger partial charge in [-0.2, -0.15) is 0 Å². The first-order chi connectivity index (χ1) is 10.6. The Morgan fingerprint density at radius 1 is 1.50 bits per heavy atom. The maximum absolute atomic E-state index is 12.0. The van der Waals surface area contributed by atoms with E-state index < -0.39 is 0 Å². The van der Waals surface area contributed by atoms with Crippen molar-refractivity contribution in [3.63, 3.8) is 0 Å². The smallest absolute Gasteiger partial charge is 0.264 e. The highest BCUT2D eigenvalue weighted by Gasteiger charge is 2.19. The Bertz CT molecular complexity index is 689. The Balaban J connectivity index is 1.57. The number of halogens is 1. The Morgan fingerprint density at radius 3 is 3.14 bits per heavy atom. The van der Waals surface area contributed by atoms with Crippen LogP contribution in [0.2, 0.25) is 5.02 Å². The number of amides is 1. The van der Waals surface area contributed by atoms with Gasteiger partial charge >= 0.3 is 0 Å². The van der Waals surface area contributed by atoms with Crippen LogP contribution in [0.25, 0.3) is 0 Å². The molecule has 2 aromatic rings. The minimum absolute atomic E-state index is 0.0894. The monoisotopic (exact) mass is 337 g/mol. The highest BCUT2D eigenvalue weighted by molar-refractivity contribution is 7.15. The standard InChI is InChI=1S/C15H16ClN3O2S/c1-19-7-6-11-13(8-19)22-15(17-11)18-14(20)9-21-12-5-3-2-4-10(12)16/h2-5H,6-9H2,1H3,(H,17,18,20). The predicted octanol–water partition coefficient (Wildman–Crippen LogP) is 2.80. The van der Waals surface area contributed by atoms with Gasteiger partial charge in [0.15, 0.2) is 11.7 Å². The molecule has 3 rings (SSSR count). The van der Waals surface area contributed by atoms with Gasteiger partial charge in [-0.1, -0.05) is 23.7 Å². The van der Waals surface area contributed by atoms with Crippen LogP contribution in [-0.4, -0.2) is 36.0 Å². The zero-order chi connectivity index (χ0) is 15.5. The van der Waals surface area contributed by atoms with Gasteiger partial charge in [0.2, 0.25) is 0 Å². The molecule has 1 aliphatic heterocycles. The van der Waals surface area contributed by atoms with Gasteiger partial charge in [0.25, 0.3) is 5.91 Å². The number of carbonyl (C=O) groups excluding carboxylic acids is 1. The molecule has 0 spiro atoms. The summed E-state index contributed by atoms with van der Waals surface area (Å²) in [4.78, 5) is 19.9. The van der Waals surface area contributed by atoms with E-state index >= 15 is 0 Å². The summed E-state index contributed by atoms with van der Waals surface area (Å²) < 4.78 is 5.41. The summed E-state index contributed by atoms with van der Waals surface area (Å²) in [5, 5.41) is 3.91. The van der Waals surface area contributed by atoms with Crippen molar-refractivity contribution in [3.05, 3.63) is 39.9 Å². The number of nitrogens with one attached hydrogen (secondary N) is 1. The van der Waals surface area contributed by atoms with Crippen molar-refractivity contribution in [2.75, 3.05) is 25.5 Å². The van der Waals surface area contributed by atoms with Crippen LogP contribution < -0.4 is 10.1 Å². The van der Waals surface area contributed by atoms with Gasteiger partial charge in [-0.15, -0.1) is 11.3 Å². The predicted molar refractivity (Wildman–Crippen MR) is 87.7 cm³/mol. The van der Waals surface area contributed by atoms with Gasteiger partial charge < -0.3 is 9.64 Å². The summed E-state index contributed by atoms with van der Waals surface area (Å²) in [6.07, 6.45) is 0.925. The number of para-hydroxylation sites is 1. The number of carbonyl (C=O) groups is 1. The molecule has 1 amide bonds. The number of hydrogen-bond acceptors (Lipinski definition) is 5. The second-order valence-corrected chi connectivity index (χ2v) is 6.63.